The number of carbonyl (C=O) groups is 1. The number of ether oxygens (including phenoxy) is 3. The predicted octanol–water partition coefficient (Wildman–Crippen LogP) is 3.20. The second kappa shape index (κ2) is 6.74. The van der Waals surface area contributed by atoms with Gasteiger partial charge in [0.1, 0.15) is 23.9 Å². The lowest BCUT2D eigenvalue weighted by Gasteiger charge is -2.11. The summed E-state index contributed by atoms with van der Waals surface area (Å²) in [6, 6.07) is 10.4. The van der Waals surface area contributed by atoms with Crippen LogP contribution in [0.5, 0.6) is 11.5 Å². The Hall–Kier alpha value is -2.56. The maximum atomic E-state index is 12.8. The molecule has 0 aliphatic carbocycles. The van der Waals surface area contributed by atoms with E-state index in [-0.39, 0.29) is 6.61 Å². The number of hydrogen-bond donors (Lipinski definition) is 0. The van der Waals surface area contributed by atoms with Crippen molar-refractivity contribution in [1.29, 1.82) is 0 Å². The lowest BCUT2D eigenvalue weighted by molar-refractivity contribution is 0.0470. The smallest absolute Gasteiger partial charge is 0.338 e. The fraction of sp³-hybridized carbons (Fsp3) is 0.188. The van der Waals surface area contributed by atoms with Crippen LogP contribution in [0, 0.1) is 5.82 Å². The van der Waals surface area contributed by atoms with Gasteiger partial charge in [0.05, 0.1) is 19.8 Å². The van der Waals surface area contributed by atoms with E-state index < -0.39 is 11.8 Å². The average Bonchev–Trinajstić information content (AvgIpc) is 2.52. The van der Waals surface area contributed by atoms with Gasteiger partial charge in [-0.2, -0.15) is 0 Å². The van der Waals surface area contributed by atoms with Crippen LogP contribution in [0.15, 0.2) is 42.5 Å². The molecule has 0 N–H and O–H groups in total. The van der Waals surface area contributed by atoms with Crippen molar-refractivity contribution in [3.8, 4) is 11.5 Å². The average molecular weight is 290 g/mol. The zero-order valence-electron chi connectivity index (χ0n) is 11.8. The summed E-state index contributed by atoms with van der Waals surface area (Å²) in [6.45, 7) is 0.0383. The van der Waals surface area contributed by atoms with E-state index in [1.807, 2.05) is 0 Å². The predicted molar refractivity (Wildman–Crippen MR) is 75.1 cm³/mol. The molecule has 0 bridgehead atoms. The lowest BCUT2D eigenvalue weighted by Crippen LogP contribution is -2.06. The van der Waals surface area contributed by atoms with E-state index in [1.54, 1.807) is 25.3 Å². The number of halogens is 1. The monoisotopic (exact) mass is 290 g/mol. The van der Waals surface area contributed by atoms with Crippen molar-refractivity contribution in [2.24, 2.45) is 0 Å². The molecule has 0 saturated heterocycles. The van der Waals surface area contributed by atoms with Crippen molar-refractivity contribution in [3.05, 3.63) is 59.4 Å². The van der Waals surface area contributed by atoms with Gasteiger partial charge < -0.3 is 14.2 Å². The van der Waals surface area contributed by atoms with Gasteiger partial charge >= 0.3 is 5.97 Å². The van der Waals surface area contributed by atoms with Gasteiger partial charge in [-0.05, 0) is 42.5 Å². The van der Waals surface area contributed by atoms with Crippen molar-refractivity contribution in [2.45, 2.75) is 6.61 Å². The highest BCUT2D eigenvalue weighted by molar-refractivity contribution is 5.89. The molecule has 0 amide bonds. The molecule has 0 aromatic heterocycles. The van der Waals surface area contributed by atoms with Gasteiger partial charge in [-0.15, -0.1) is 0 Å². The van der Waals surface area contributed by atoms with Gasteiger partial charge in [-0.1, -0.05) is 0 Å². The molecule has 0 radical (unpaired) electrons. The Kier molecular flexibility index (Phi) is 4.77. The summed E-state index contributed by atoms with van der Waals surface area (Å²) in [6.07, 6.45) is 0. The van der Waals surface area contributed by atoms with Crippen LogP contribution in [0.1, 0.15) is 15.9 Å². The lowest BCUT2D eigenvalue weighted by atomic mass is 10.2. The second-order valence-corrected chi connectivity index (χ2v) is 4.26. The maximum absolute atomic E-state index is 12.8. The largest absolute Gasteiger partial charge is 0.497 e. The first-order chi connectivity index (χ1) is 10.1. The molecule has 4 nitrogen and oxygen atoms in total. The molecule has 0 aliphatic rings. The van der Waals surface area contributed by atoms with Gasteiger partial charge in [0.25, 0.3) is 0 Å². The van der Waals surface area contributed by atoms with Crippen LogP contribution in [0.25, 0.3) is 0 Å². The molecule has 0 aliphatic heterocycles. The van der Waals surface area contributed by atoms with Crippen molar-refractivity contribution < 1.29 is 23.4 Å². The number of carbonyl (C=O) groups excluding carboxylic acids is 1. The third-order valence-electron chi connectivity index (χ3n) is 2.93. The third kappa shape index (κ3) is 3.72. The second-order valence-electron chi connectivity index (χ2n) is 4.26. The zero-order valence-corrected chi connectivity index (χ0v) is 11.8. The summed E-state index contributed by atoms with van der Waals surface area (Å²) in [5.74, 6) is 0.312. The Balaban J connectivity index is 2.08. The van der Waals surface area contributed by atoms with Crippen molar-refractivity contribution >= 4 is 5.97 Å². The van der Waals surface area contributed by atoms with E-state index in [2.05, 4.69) is 0 Å². The van der Waals surface area contributed by atoms with E-state index >= 15 is 0 Å². The van der Waals surface area contributed by atoms with E-state index in [0.29, 0.717) is 22.6 Å². The van der Waals surface area contributed by atoms with Crippen LogP contribution >= 0.6 is 0 Å². The van der Waals surface area contributed by atoms with Crippen molar-refractivity contribution in [3.63, 3.8) is 0 Å². The summed E-state index contributed by atoms with van der Waals surface area (Å²) < 4.78 is 28.3. The quantitative estimate of drug-likeness (QED) is 0.793. The molecule has 0 fully saturated rings. The van der Waals surface area contributed by atoms with E-state index in [9.17, 15) is 9.18 Å². The number of rotatable bonds is 5. The fourth-order valence-electron chi connectivity index (χ4n) is 1.81. The van der Waals surface area contributed by atoms with Crippen molar-refractivity contribution in [2.75, 3.05) is 14.2 Å². The number of methoxy groups -OCH3 is 2. The molecule has 2 rings (SSSR count). The minimum atomic E-state index is -0.528. The molecule has 21 heavy (non-hydrogen) atoms. The number of hydrogen-bond acceptors (Lipinski definition) is 4. The highest BCUT2D eigenvalue weighted by atomic mass is 19.1. The molecule has 0 spiro atoms. The minimum Gasteiger partial charge on any atom is -0.497 e. The van der Waals surface area contributed by atoms with Crippen LogP contribution < -0.4 is 9.47 Å². The van der Waals surface area contributed by atoms with E-state index in [4.69, 9.17) is 14.2 Å². The standard InChI is InChI=1S/C16H15FO4/c1-19-14-7-8-15(20-2)12(9-14)10-21-16(18)11-3-5-13(17)6-4-11/h3-9H,10H2,1-2H3. The topological polar surface area (TPSA) is 44.8 Å². The van der Waals surface area contributed by atoms with Gasteiger partial charge in [-0.3, -0.25) is 0 Å². The first-order valence-electron chi connectivity index (χ1n) is 6.27. The number of esters is 1. The molecule has 2 aromatic carbocycles. The summed E-state index contributed by atoms with van der Waals surface area (Å²) >= 11 is 0. The highest BCUT2D eigenvalue weighted by Gasteiger charge is 2.11. The van der Waals surface area contributed by atoms with Gasteiger partial charge in [0.15, 0.2) is 0 Å². The summed E-state index contributed by atoms with van der Waals surface area (Å²) in [5, 5.41) is 0. The fourth-order valence-corrected chi connectivity index (χ4v) is 1.81. The molecular weight excluding hydrogens is 275 g/mol. The molecule has 0 atom stereocenters. The Morgan fingerprint density at radius 1 is 1.05 bits per heavy atom. The number of benzene rings is 2. The third-order valence-corrected chi connectivity index (χ3v) is 2.93. The van der Waals surface area contributed by atoms with Crippen LogP contribution in [-0.4, -0.2) is 20.2 Å². The SMILES string of the molecule is COc1ccc(OC)c(COC(=O)c2ccc(F)cc2)c1. The van der Waals surface area contributed by atoms with Gasteiger partial charge in [0, 0.05) is 5.56 Å². The summed E-state index contributed by atoms with van der Waals surface area (Å²) in [4.78, 5) is 11.9. The Morgan fingerprint density at radius 2 is 1.76 bits per heavy atom. The summed E-state index contributed by atoms with van der Waals surface area (Å²) in [5.41, 5.74) is 0.977. The zero-order chi connectivity index (χ0) is 15.2. The molecule has 5 heteroatoms. The molecular formula is C16H15FO4. The maximum Gasteiger partial charge on any atom is 0.338 e. The molecule has 110 valence electrons. The molecule has 0 unspecified atom stereocenters. The van der Waals surface area contributed by atoms with Crippen LogP contribution in [0.4, 0.5) is 4.39 Å². The van der Waals surface area contributed by atoms with Crippen LogP contribution in [0.2, 0.25) is 0 Å². The van der Waals surface area contributed by atoms with Gasteiger partial charge in [-0.25, -0.2) is 9.18 Å². The Bertz CT molecular complexity index is 623. The van der Waals surface area contributed by atoms with Gasteiger partial charge in [0.2, 0.25) is 0 Å². The molecule has 2 aromatic rings. The first kappa shape index (κ1) is 14.8. The molecule has 0 heterocycles. The van der Waals surface area contributed by atoms with E-state index in [1.165, 1.54) is 31.4 Å². The summed E-state index contributed by atoms with van der Waals surface area (Å²) in [7, 11) is 3.09. The normalized spacial score (nSPS) is 10.0. The van der Waals surface area contributed by atoms with Crippen LogP contribution in [0.3, 0.4) is 0 Å². The Labute approximate surface area is 122 Å². The highest BCUT2D eigenvalue weighted by Crippen LogP contribution is 2.24. The van der Waals surface area contributed by atoms with Crippen molar-refractivity contribution in [1.82, 2.24) is 0 Å². The minimum absolute atomic E-state index is 0.0383. The van der Waals surface area contributed by atoms with E-state index in [0.717, 1.165) is 0 Å². The first-order valence-corrected chi connectivity index (χ1v) is 6.27. The Morgan fingerprint density at radius 3 is 2.38 bits per heavy atom. The molecule has 0 saturated carbocycles. The van der Waals surface area contributed by atoms with Crippen LogP contribution in [-0.2, 0) is 11.3 Å².